The molecule has 1 saturated heterocycles. The van der Waals surface area contributed by atoms with Gasteiger partial charge in [0.1, 0.15) is 5.82 Å². The Bertz CT molecular complexity index is 1040. The van der Waals surface area contributed by atoms with Crippen LogP contribution in [0, 0.1) is 5.82 Å². The van der Waals surface area contributed by atoms with Crippen molar-refractivity contribution in [2.24, 2.45) is 10.7 Å². The van der Waals surface area contributed by atoms with Gasteiger partial charge < -0.3 is 20.3 Å². The second-order valence-electron chi connectivity index (χ2n) is 8.06. The molecule has 0 saturated carbocycles. The zero-order valence-electron chi connectivity index (χ0n) is 17.5. The van der Waals surface area contributed by atoms with Gasteiger partial charge >= 0.3 is 0 Å². The number of piperidine rings is 1. The summed E-state index contributed by atoms with van der Waals surface area (Å²) >= 11 is 0. The molecular weight excluding hydrogens is 395 g/mol. The van der Waals surface area contributed by atoms with Crippen molar-refractivity contribution in [2.75, 3.05) is 13.1 Å². The Morgan fingerprint density at radius 1 is 1.23 bits per heavy atom. The maximum absolute atomic E-state index is 14.0. The van der Waals surface area contributed by atoms with Crippen LogP contribution >= 0.6 is 0 Å². The summed E-state index contributed by atoms with van der Waals surface area (Å²) in [7, 11) is 0. The summed E-state index contributed by atoms with van der Waals surface area (Å²) in [6.45, 7) is 3.43. The molecule has 0 spiro atoms. The summed E-state index contributed by atoms with van der Waals surface area (Å²) in [6.07, 6.45) is 1.88. The number of rotatable bonds is 5. The molecule has 7 heteroatoms. The van der Waals surface area contributed by atoms with Crippen molar-refractivity contribution >= 4 is 11.8 Å². The minimum Gasteiger partial charge on any atom is -0.393 e. The Balaban J connectivity index is 1.39. The third-order valence-corrected chi connectivity index (χ3v) is 5.71. The molecule has 1 fully saturated rings. The Labute approximate surface area is 181 Å². The average Bonchev–Trinajstić information content (AvgIpc) is 3.24. The van der Waals surface area contributed by atoms with Crippen LogP contribution in [0.2, 0.25) is 0 Å². The molecule has 31 heavy (non-hydrogen) atoms. The molecule has 0 amide bonds. The van der Waals surface area contributed by atoms with Gasteiger partial charge in [-0.1, -0.05) is 54.5 Å². The lowest BCUT2D eigenvalue weighted by atomic mass is 9.96. The number of guanidine groups is 1. The highest BCUT2D eigenvalue weighted by Crippen LogP contribution is 2.27. The summed E-state index contributed by atoms with van der Waals surface area (Å²) in [6, 6.07) is 16.5. The number of aliphatic hydroxyl groups is 1. The number of hydrogen-bond acceptors (Lipinski definition) is 4. The van der Waals surface area contributed by atoms with Crippen molar-refractivity contribution in [2.45, 2.75) is 38.2 Å². The standard InChI is InChI=1S/C24H27FN4O2/c1-16(14-17-6-8-18(9-7-17)20-4-2-3-5-21(20)25)22-15-23(31-28-22)27-24(26)29-12-10-19(30)11-13-29/h2-9,15-16,19,30H,10-14H2,1H3,(H2,26,27). The summed E-state index contributed by atoms with van der Waals surface area (Å²) in [5.41, 5.74) is 9.48. The van der Waals surface area contributed by atoms with E-state index >= 15 is 0 Å². The third kappa shape index (κ3) is 5.11. The molecule has 0 bridgehead atoms. The highest BCUT2D eigenvalue weighted by Gasteiger charge is 2.19. The fourth-order valence-corrected chi connectivity index (χ4v) is 3.82. The fourth-order valence-electron chi connectivity index (χ4n) is 3.82. The van der Waals surface area contributed by atoms with Crippen molar-refractivity contribution in [3.63, 3.8) is 0 Å². The van der Waals surface area contributed by atoms with Crippen molar-refractivity contribution < 1.29 is 14.0 Å². The number of likely N-dealkylation sites (tertiary alicyclic amines) is 1. The number of nitrogens with two attached hydrogens (primary N) is 1. The number of aliphatic imine (C=N–C) groups is 1. The smallest absolute Gasteiger partial charge is 0.253 e. The van der Waals surface area contributed by atoms with E-state index in [1.807, 2.05) is 41.3 Å². The Morgan fingerprint density at radius 3 is 2.65 bits per heavy atom. The van der Waals surface area contributed by atoms with Crippen LogP contribution in [0.4, 0.5) is 10.3 Å². The molecule has 4 rings (SSSR count). The van der Waals surface area contributed by atoms with Crippen molar-refractivity contribution in [1.29, 1.82) is 0 Å². The molecule has 1 aliphatic heterocycles. The summed E-state index contributed by atoms with van der Waals surface area (Å²) in [5, 5.41) is 13.8. The number of hydrogen-bond donors (Lipinski definition) is 2. The first kappa shape index (κ1) is 21.1. The van der Waals surface area contributed by atoms with E-state index in [0.29, 0.717) is 43.3 Å². The van der Waals surface area contributed by atoms with Gasteiger partial charge in [-0.25, -0.2) is 4.39 Å². The van der Waals surface area contributed by atoms with Gasteiger partial charge in [-0.3, -0.25) is 0 Å². The first-order valence-corrected chi connectivity index (χ1v) is 10.6. The number of aromatic nitrogens is 1. The van der Waals surface area contributed by atoms with E-state index < -0.39 is 0 Å². The number of nitrogens with zero attached hydrogens (tertiary/aromatic N) is 3. The van der Waals surface area contributed by atoms with Crippen LogP contribution in [0.1, 0.15) is 36.9 Å². The zero-order valence-corrected chi connectivity index (χ0v) is 17.5. The van der Waals surface area contributed by atoms with Gasteiger partial charge in [0, 0.05) is 30.6 Å². The average molecular weight is 423 g/mol. The SMILES string of the molecule is CC(Cc1ccc(-c2ccccc2F)cc1)c1cc(N=C(N)N2CCC(O)CC2)on1. The molecule has 1 atom stereocenters. The van der Waals surface area contributed by atoms with Crippen molar-refractivity contribution in [3.8, 4) is 11.1 Å². The van der Waals surface area contributed by atoms with Gasteiger partial charge in [0.2, 0.25) is 0 Å². The minimum absolute atomic E-state index is 0.123. The van der Waals surface area contributed by atoms with E-state index in [1.165, 1.54) is 6.07 Å². The fraction of sp³-hybridized carbons (Fsp3) is 0.333. The van der Waals surface area contributed by atoms with Crippen LogP contribution in [0.15, 0.2) is 64.1 Å². The highest BCUT2D eigenvalue weighted by atomic mass is 19.1. The molecule has 162 valence electrons. The molecule has 0 aliphatic carbocycles. The highest BCUT2D eigenvalue weighted by molar-refractivity contribution is 5.80. The lowest BCUT2D eigenvalue weighted by Crippen LogP contribution is -2.43. The van der Waals surface area contributed by atoms with E-state index in [9.17, 15) is 9.50 Å². The van der Waals surface area contributed by atoms with Crippen LogP contribution in [-0.4, -0.2) is 40.3 Å². The van der Waals surface area contributed by atoms with Gasteiger partial charge in [-0.2, -0.15) is 4.99 Å². The molecule has 3 aromatic rings. The Kier molecular flexibility index (Phi) is 6.32. The molecule has 0 radical (unpaired) electrons. The molecule has 1 aliphatic rings. The first-order valence-electron chi connectivity index (χ1n) is 10.6. The van der Waals surface area contributed by atoms with Crippen LogP contribution in [0.3, 0.4) is 0 Å². The number of aliphatic hydroxyl groups excluding tert-OH is 1. The van der Waals surface area contributed by atoms with Gasteiger partial charge in [0.05, 0.1) is 11.8 Å². The van der Waals surface area contributed by atoms with Crippen molar-refractivity contribution in [1.82, 2.24) is 10.1 Å². The maximum Gasteiger partial charge on any atom is 0.253 e. The van der Waals surface area contributed by atoms with E-state index in [-0.39, 0.29) is 17.8 Å². The van der Waals surface area contributed by atoms with Crippen LogP contribution in [0.25, 0.3) is 11.1 Å². The summed E-state index contributed by atoms with van der Waals surface area (Å²) in [5.74, 6) is 0.657. The molecule has 3 N–H and O–H groups in total. The maximum atomic E-state index is 14.0. The van der Waals surface area contributed by atoms with Crippen molar-refractivity contribution in [3.05, 3.63) is 71.7 Å². The lowest BCUT2D eigenvalue weighted by Gasteiger charge is -2.29. The van der Waals surface area contributed by atoms with Crippen LogP contribution in [-0.2, 0) is 6.42 Å². The quantitative estimate of drug-likeness (QED) is 0.475. The first-order chi connectivity index (χ1) is 15.0. The third-order valence-electron chi connectivity index (χ3n) is 5.71. The van der Waals surface area contributed by atoms with Crippen LogP contribution in [0.5, 0.6) is 0 Å². The molecule has 1 aromatic heterocycles. The van der Waals surface area contributed by atoms with E-state index in [1.54, 1.807) is 12.1 Å². The monoisotopic (exact) mass is 422 g/mol. The predicted molar refractivity (Wildman–Crippen MR) is 119 cm³/mol. The normalized spacial score (nSPS) is 16.5. The zero-order chi connectivity index (χ0) is 21.8. The second-order valence-corrected chi connectivity index (χ2v) is 8.06. The molecule has 1 unspecified atom stereocenters. The van der Waals surface area contributed by atoms with Gasteiger partial charge in [0.25, 0.3) is 5.88 Å². The molecular formula is C24H27FN4O2. The van der Waals surface area contributed by atoms with E-state index in [0.717, 1.165) is 23.2 Å². The minimum atomic E-state index is -0.262. The number of halogens is 1. The Hall–Kier alpha value is -3.19. The predicted octanol–water partition coefficient (Wildman–Crippen LogP) is 4.23. The van der Waals surface area contributed by atoms with Crippen LogP contribution < -0.4 is 5.73 Å². The summed E-state index contributed by atoms with van der Waals surface area (Å²) < 4.78 is 19.3. The summed E-state index contributed by atoms with van der Waals surface area (Å²) in [4.78, 5) is 6.29. The van der Waals surface area contributed by atoms with E-state index in [4.69, 9.17) is 10.3 Å². The molecule has 6 nitrogen and oxygen atoms in total. The number of benzene rings is 2. The Morgan fingerprint density at radius 2 is 1.94 bits per heavy atom. The van der Waals surface area contributed by atoms with Gasteiger partial charge in [-0.05, 0) is 36.5 Å². The molecule has 2 heterocycles. The largest absolute Gasteiger partial charge is 0.393 e. The molecule has 2 aromatic carbocycles. The van der Waals surface area contributed by atoms with Gasteiger partial charge in [0.15, 0.2) is 5.96 Å². The topological polar surface area (TPSA) is 87.9 Å². The second kappa shape index (κ2) is 9.31. The van der Waals surface area contributed by atoms with E-state index in [2.05, 4.69) is 17.1 Å². The van der Waals surface area contributed by atoms with Gasteiger partial charge in [-0.15, -0.1) is 0 Å². The lowest BCUT2D eigenvalue weighted by molar-refractivity contribution is 0.109.